The number of nitrogens with one attached hydrogen (secondary N) is 2. The highest BCUT2D eigenvalue weighted by Crippen LogP contribution is 2.43. The number of alkyl halides is 1. The maximum absolute atomic E-state index is 13.3. The number of carbonyl (C=O) groups is 1. The Kier molecular flexibility index (Phi) is 5.25. The van der Waals surface area contributed by atoms with Gasteiger partial charge in [0.1, 0.15) is 6.17 Å². The molecule has 2 fully saturated rings. The molecule has 1 aromatic carbocycles. The molecule has 4 aromatic rings. The molecule has 0 radical (unpaired) electrons. The molecule has 4 heterocycles. The van der Waals surface area contributed by atoms with E-state index in [1.54, 1.807) is 16.8 Å². The fourth-order valence-corrected chi connectivity index (χ4v) is 4.56. The molecule has 2 N–H and O–H groups in total. The maximum atomic E-state index is 13.3. The monoisotopic (exact) mass is 475 g/mol. The fourth-order valence-electron chi connectivity index (χ4n) is 4.56. The van der Waals surface area contributed by atoms with Crippen molar-refractivity contribution in [3.63, 3.8) is 0 Å². The molecule has 0 bridgehead atoms. The lowest BCUT2D eigenvalue weighted by Gasteiger charge is -2.35. The molecule has 9 nitrogen and oxygen atoms in total. The van der Waals surface area contributed by atoms with Crippen LogP contribution < -0.4 is 15.5 Å². The average Bonchev–Trinajstić information content (AvgIpc) is 3.24. The van der Waals surface area contributed by atoms with Crippen LogP contribution in [-0.4, -0.2) is 57.5 Å². The zero-order valence-corrected chi connectivity index (χ0v) is 19.5. The van der Waals surface area contributed by atoms with Gasteiger partial charge in [0.15, 0.2) is 0 Å². The number of rotatable bonds is 5. The van der Waals surface area contributed by atoms with Gasteiger partial charge in [-0.3, -0.25) is 4.79 Å². The summed E-state index contributed by atoms with van der Waals surface area (Å²) in [7, 11) is 0. The van der Waals surface area contributed by atoms with E-state index < -0.39 is 6.17 Å². The Hall–Kier alpha value is -3.79. The Bertz CT molecular complexity index is 1410. The highest BCUT2D eigenvalue weighted by Gasteiger charge is 2.43. The molecule has 180 valence electrons. The minimum atomic E-state index is -0.905. The van der Waals surface area contributed by atoms with Gasteiger partial charge in [0.2, 0.25) is 11.7 Å². The highest BCUT2D eigenvalue weighted by molar-refractivity contribution is 6.09. The molecule has 1 saturated heterocycles. The first-order chi connectivity index (χ1) is 17.0. The third-order valence-electron chi connectivity index (χ3n) is 6.80. The van der Waals surface area contributed by atoms with Crippen molar-refractivity contribution in [3.05, 3.63) is 59.7 Å². The van der Waals surface area contributed by atoms with Crippen LogP contribution in [0.4, 0.5) is 15.8 Å². The highest BCUT2D eigenvalue weighted by atomic mass is 19.1. The molecule has 1 amide bonds. The minimum absolute atomic E-state index is 0.252. The molecule has 2 aliphatic rings. The van der Waals surface area contributed by atoms with Crippen LogP contribution in [0.5, 0.6) is 0 Å². The Morgan fingerprint density at radius 2 is 2.14 bits per heavy atom. The molecule has 3 atom stereocenters. The van der Waals surface area contributed by atoms with Crippen molar-refractivity contribution in [1.29, 1.82) is 0 Å². The Morgan fingerprint density at radius 1 is 1.29 bits per heavy atom. The van der Waals surface area contributed by atoms with Gasteiger partial charge in [-0.25, -0.2) is 8.91 Å². The van der Waals surface area contributed by atoms with Gasteiger partial charge in [-0.1, -0.05) is 17.3 Å². The van der Waals surface area contributed by atoms with E-state index in [0.29, 0.717) is 41.0 Å². The molecule has 0 unspecified atom stereocenters. The van der Waals surface area contributed by atoms with Gasteiger partial charge in [0.25, 0.3) is 5.91 Å². The first-order valence-corrected chi connectivity index (χ1v) is 11.8. The van der Waals surface area contributed by atoms with E-state index in [-0.39, 0.29) is 11.8 Å². The quantitative estimate of drug-likeness (QED) is 0.455. The molecule has 6 rings (SSSR count). The Balaban J connectivity index is 1.26. The summed E-state index contributed by atoms with van der Waals surface area (Å²) in [5.41, 5.74) is 4.52. The summed E-state index contributed by atoms with van der Waals surface area (Å²) in [6.45, 7) is 6.85. The van der Waals surface area contributed by atoms with E-state index in [1.807, 2.05) is 37.4 Å². The molecule has 35 heavy (non-hydrogen) atoms. The van der Waals surface area contributed by atoms with Crippen LogP contribution in [0.2, 0.25) is 0 Å². The first-order valence-electron chi connectivity index (χ1n) is 11.8. The predicted molar refractivity (Wildman–Crippen MR) is 130 cm³/mol. The second kappa shape index (κ2) is 8.46. The Labute approximate surface area is 201 Å². The van der Waals surface area contributed by atoms with Crippen LogP contribution in [0.1, 0.15) is 41.1 Å². The van der Waals surface area contributed by atoms with E-state index in [1.165, 1.54) is 0 Å². The lowest BCUT2D eigenvalue weighted by molar-refractivity contribution is 0.102. The molecule has 3 aromatic heterocycles. The number of fused-ring (bicyclic) bond motifs is 1. The summed E-state index contributed by atoms with van der Waals surface area (Å²) in [5, 5.41) is 14.8. The van der Waals surface area contributed by atoms with Crippen molar-refractivity contribution in [1.82, 2.24) is 25.1 Å². The zero-order valence-electron chi connectivity index (χ0n) is 19.5. The molecule has 0 spiro atoms. The van der Waals surface area contributed by atoms with Gasteiger partial charge in [0.05, 0.1) is 23.2 Å². The van der Waals surface area contributed by atoms with Crippen molar-refractivity contribution in [2.45, 2.75) is 38.4 Å². The van der Waals surface area contributed by atoms with Gasteiger partial charge in [0, 0.05) is 48.8 Å². The Morgan fingerprint density at radius 3 is 2.94 bits per heavy atom. The maximum Gasteiger partial charge on any atom is 0.259 e. The third kappa shape index (κ3) is 4.03. The van der Waals surface area contributed by atoms with Crippen molar-refractivity contribution < 1.29 is 13.7 Å². The van der Waals surface area contributed by atoms with Crippen molar-refractivity contribution >= 4 is 22.8 Å². The fraction of sp³-hybridized carbons (Fsp3) is 0.360. The van der Waals surface area contributed by atoms with E-state index >= 15 is 0 Å². The van der Waals surface area contributed by atoms with E-state index in [2.05, 4.69) is 37.7 Å². The largest absolute Gasteiger partial charge is 0.366 e. The summed E-state index contributed by atoms with van der Waals surface area (Å²) in [6.07, 6.45) is 2.99. The molecule has 1 aliphatic carbocycles. The zero-order chi connectivity index (χ0) is 24.1. The summed E-state index contributed by atoms with van der Waals surface area (Å²) in [4.78, 5) is 20.0. The number of hydrogen-bond acceptors (Lipinski definition) is 7. The van der Waals surface area contributed by atoms with Crippen LogP contribution in [-0.2, 0) is 0 Å². The number of nitrogens with zero attached hydrogens (tertiary/aromatic N) is 5. The van der Waals surface area contributed by atoms with Gasteiger partial charge >= 0.3 is 0 Å². The standard InChI is InChI=1S/C25H26FN7O2/c1-14-3-4-16(23-30-25(35-31-23)18-11-20(18)26)9-21(14)29-24(34)19-13-28-33-7-5-17(10-22(19)33)32-8-6-27-12-15(32)2/h3-5,7,9-10,13,15,18,20,27H,6,8,11-12H2,1-2H3,(H,29,34)/t15-,18+,20+/m1/s1. The normalized spacial score (nSPS) is 21.9. The van der Waals surface area contributed by atoms with Crippen molar-refractivity contribution in [2.24, 2.45) is 0 Å². The number of benzene rings is 1. The number of carbonyl (C=O) groups excluding carboxylic acids is 1. The van der Waals surface area contributed by atoms with Crippen LogP contribution >= 0.6 is 0 Å². The van der Waals surface area contributed by atoms with Crippen LogP contribution in [0, 0.1) is 6.92 Å². The number of anilines is 2. The van der Waals surface area contributed by atoms with Crippen LogP contribution in [0.3, 0.4) is 0 Å². The summed E-state index contributed by atoms with van der Waals surface area (Å²) in [6, 6.07) is 9.96. The van der Waals surface area contributed by atoms with E-state index in [4.69, 9.17) is 4.52 Å². The average molecular weight is 476 g/mol. The van der Waals surface area contributed by atoms with E-state index in [9.17, 15) is 9.18 Å². The number of halogens is 1. The van der Waals surface area contributed by atoms with E-state index in [0.717, 1.165) is 36.4 Å². The van der Waals surface area contributed by atoms with Crippen molar-refractivity contribution in [3.8, 4) is 11.4 Å². The number of pyridine rings is 1. The van der Waals surface area contributed by atoms with Crippen molar-refractivity contribution in [2.75, 3.05) is 29.9 Å². The molecule has 1 aliphatic heterocycles. The van der Waals surface area contributed by atoms with Crippen LogP contribution in [0.25, 0.3) is 16.9 Å². The molecular weight excluding hydrogens is 449 g/mol. The van der Waals surface area contributed by atoms with Gasteiger partial charge in [-0.2, -0.15) is 10.1 Å². The summed E-state index contributed by atoms with van der Waals surface area (Å²) in [5.74, 6) is 0.142. The molecule has 10 heteroatoms. The second-order valence-corrected chi connectivity index (χ2v) is 9.32. The number of aryl methyl sites for hydroxylation is 1. The number of amides is 1. The predicted octanol–water partition coefficient (Wildman–Crippen LogP) is 3.57. The topological polar surface area (TPSA) is 101 Å². The molecular formula is C25H26FN7O2. The first kappa shape index (κ1) is 21.7. The number of piperazine rings is 1. The number of aromatic nitrogens is 4. The molecule has 1 saturated carbocycles. The third-order valence-corrected chi connectivity index (χ3v) is 6.80. The number of hydrogen-bond donors (Lipinski definition) is 2. The lowest BCUT2D eigenvalue weighted by atomic mass is 10.1. The summed E-state index contributed by atoms with van der Waals surface area (Å²) < 4.78 is 20.3. The second-order valence-electron chi connectivity index (χ2n) is 9.32. The van der Waals surface area contributed by atoms with Gasteiger partial charge < -0.3 is 20.1 Å². The summed E-state index contributed by atoms with van der Waals surface area (Å²) >= 11 is 0. The van der Waals surface area contributed by atoms with Gasteiger partial charge in [-0.15, -0.1) is 0 Å². The van der Waals surface area contributed by atoms with Gasteiger partial charge in [-0.05, 0) is 44.0 Å². The minimum Gasteiger partial charge on any atom is -0.366 e. The van der Waals surface area contributed by atoms with Crippen LogP contribution in [0.15, 0.2) is 47.2 Å². The SMILES string of the molecule is Cc1ccc(-c2noc([C@H]3C[C@@H]3F)n2)cc1NC(=O)c1cnn2ccc(N3CCNC[C@H]3C)cc12. The smallest absolute Gasteiger partial charge is 0.259 e. The lowest BCUT2D eigenvalue weighted by Crippen LogP contribution is -2.49.